The van der Waals surface area contributed by atoms with Crippen molar-refractivity contribution in [1.29, 1.82) is 0 Å². The Morgan fingerprint density at radius 2 is 1.70 bits per heavy atom. The van der Waals surface area contributed by atoms with Crippen molar-refractivity contribution in [2.75, 3.05) is 7.11 Å². The maximum absolute atomic E-state index is 13.2. The number of hydrogen-bond acceptors (Lipinski definition) is 3. The molecule has 0 unspecified atom stereocenters. The van der Waals surface area contributed by atoms with Crippen LogP contribution < -0.4 is 4.74 Å². The maximum Gasteiger partial charge on any atom is 0.190 e. The third kappa shape index (κ3) is 3.87. The number of benzene rings is 3. The lowest BCUT2D eigenvalue weighted by atomic mass is 9.79. The normalized spacial score (nSPS) is 13.5. The number of fused-ring (bicyclic) bond motifs is 1. The molecule has 0 bridgehead atoms. The first-order valence-corrected chi connectivity index (χ1v) is 9.86. The van der Waals surface area contributed by atoms with E-state index in [2.05, 4.69) is 6.07 Å². The fraction of sp³-hybridized carbons (Fsp3) is 0.111. The standard InChI is InChI=1S/C27H22O3/c1-18-8-12-21-17-25(29)27(26(23(21)16-18)20-6-4-3-5-7-20)24(28)15-11-19-9-13-22(30-2)14-10-19/h3-16H,17H2,1-2H3/b15-11+. The maximum atomic E-state index is 13.2. The average Bonchev–Trinajstić information content (AvgIpc) is 2.78. The lowest BCUT2D eigenvalue weighted by molar-refractivity contribution is -0.119. The molecule has 3 aromatic rings. The highest BCUT2D eigenvalue weighted by Crippen LogP contribution is 2.35. The summed E-state index contributed by atoms with van der Waals surface area (Å²) >= 11 is 0. The number of carbonyl (C=O) groups excluding carboxylic acids is 2. The fourth-order valence-electron chi connectivity index (χ4n) is 3.75. The van der Waals surface area contributed by atoms with E-state index in [1.54, 1.807) is 13.2 Å². The van der Waals surface area contributed by atoms with E-state index in [4.69, 9.17) is 4.74 Å². The largest absolute Gasteiger partial charge is 0.497 e. The molecule has 0 aromatic heterocycles. The van der Waals surface area contributed by atoms with Gasteiger partial charge in [-0.3, -0.25) is 9.59 Å². The van der Waals surface area contributed by atoms with Crippen LogP contribution in [0.25, 0.3) is 11.6 Å². The van der Waals surface area contributed by atoms with Crippen LogP contribution in [0.5, 0.6) is 5.75 Å². The summed E-state index contributed by atoms with van der Waals surface area (Å²) in [7, 11) is 1.61. The zero-order valence-corrected chi connectivity index (χ0v) is 17.0. The molecule has 0 fully saturated rings. The molecule has 0 heterocycles. The number of aryl methyl sites for hydroxylation is 1. The fourth-order valence-corrected chi connectivity index (χ4v) is 3.75. The van der Waals surface area contributed by atoms with Gasteiger partial charge in [0.1, 0.15) is 5.75 Å². The van der Waals surface area contributed by atoms with Gasteiger partial charge in [0.2, 0.25) is 0 Å². The Morgan fingerprint density at radius 3 is 2.40 bits per heavy atom. The predicted molar refractivity (Wildman–Crippen MR) is 119 cm³/mol. The van der Waals surface area contributed by atoms with Gasteiger partial charge in [-0.05, 0) is 47.4 Å². The zero-order chi connectivity index (χ0) is 21.1. The van der Waals surface area contributed by atoms with Gasteiger partial charge in [-0.1, -0.05) is 72.3 Å². The molecule has 0 N–H and O–H groups in total. The number of carbonyl (C=O) groups is 2. The van der Waals surface area contributed by atoms with Gasteiger partial charge >= 0.3 is 0 Å². The summed E-state index contributed by atoms with van der Waals surface area (Å²) in [6.07, 6.45) is 3.46. The van der Waals surface area contributed by atoms with Crippen molar-refractivity contribution in [3.8, 4) is 5.75 Å². The van der Waals surface area contributed by atoms with Gasteiger partial charge in [-0.25, -0.2) is 0 Å². The van der Waals surface area contributed by atoms with Crippen molar-refractivity contribution in [3.05, 3.63) is 112 Å². The minimum Gasteiger partial charge on any atom is -0.497 e. The molecular weight excluding hydrogens is 372 g/mol. The summed E-state index contributed by atoms with van der Waals surface area (Å²) in [5.74, 6) is 0.332. The minimum atomic E-state index is -0.276. The van der Waals surface area contributed by atoms with E-state index < -0.39 is 0 Å². The lowest BCUT2D eigenvalue weighted by Gasteiger charge is -2.22. The Kier molecular flexibility index (Phi) is 5.44. The Labute approximate surface area is 176 Å². The van der Waals surface area contributed by atoms with E-state index >= 15 is 0 Å². The number of Topliss-reactive ketones (excluding diaryl/α,β-unsaturated/α-hetero) is 1. The van der Waals surface area contributed by atoms with E-state index in [-0.39, 0.29) is 23.6 Å². The molecule has 3 nitrogen and oxygen atoms in total. The summed E-state index contributed by atoms with van der Waals surface area (Å²) < 4.78 is 5.17. The quantitative estimate of drug-likeness (QED) is 0.441. The van der Waals surface area contributed by atoms with E-state index in [0.29, 0.717) is 0 Å². The van der Waals surface area contributed by atoms with Crippen molar-refractivity contribution in [1.82, 2.24) is 0 Å². The van der Waals surface area contributed by atoms with Crippen molar-refractivity contribution in [3.63, 3.8) is 0 Å². The van der Waals surface area contributed by atoms with Gasteiger partial charge in [-0.15, -0.1) is 0 Å². The molecule has 1 aliphatic rings. The Morgan fingerprint density at radius 1 is 0.967 bits per heavy atom. The monoisotopic (exact) mass is 394 g/mol. The lowest BCUT2D eigenvalue weighted by Crippen LogP contribution is -2.21. The number of ketones is 2. The Balaban J connectivity index is 1.81. The van der Waals surface area contributed by atoms with Crippen molar-refractivity contribution in [2.45, 2.75) is 13.3 Å². The number of rotatable bonds is 5. The highest BCUT2D eigenvalue weighted by Gasteiger charge is 2.29. The van der Waals surface area contributed by atoms with Crippen LogP contribution in [0.1, 0.15) is 27.8 Å². The summed E-state index contributed by atoms with van der Waals surface area (Å²) in [5, 5.41) is 0. The first-order valence-electron chi connectivity index (χ1n) is 9.86. The first kappa shape index (κ1) is 19.6. The van der Waals surface area contributed by atoms with Crippen molar-refractivity contribution in [2.24, 2.45) is 0 Å². The molecule has 4 rings (SSSR count). The highest BCUT2D eigenvalue weighted by atomic mass is 16.5. The molecule has 0 aliphatic heterocycles. The van der Waals surface area contributed by atoms with E-state index in [0.717, 1.165) is 39.1 Å². The summed E-state index contributed by atoms with van der Waals surface area (Å²) in [5.41, 5.74) is 5.72. The molecule has 1 aliphatic carbocycles. The Hall–Kier alpha value is -3.72. The second-order valence-electron chi connectivity index (χ2n) is 7.35. The molecule has 148 valence electrons. The van der Waals surface area contributed by atoms with Crippen LogP contribution in [0, 0.1) is 6.92 Å². The molecule has 0 spiro atoms. The number of hydrogen-bond donors (Lipinski definition) is 0. The summed E-state index contributed by atoms with van der Waals surface area (Å²) in [6.45, 7) is 2.02. The van der Waals surface area contributed by atoms with Crippen LogP contribution in [0.15, 0.2) is 84.4 Å². The van der Waals surface area contributed by atoms with Gasteiger partial charge in [0.25, 0.3) is 0 Å². The molecule has 30 heavy (non-hydrogen) atoms. The van der Waals surface area contributed by atoms with Crippen molar-refractivity contribution >= 4 is 23.2 Å². The first-order chi connectivity index (χ1) is 14.6. The minimum absolute atomic E-state index is 0.144. The van der Waals surface area contributed by atoms with Crippen molar-refractivity contribution < 1.29 is 14.3 Å². The molecular formula is C27H22O3. The Bertz CT molecular complexity index is 1170. The second kappa shape index (κ2) is 8.34. The smallest absolute Gasteiger partial charge is 0.190 e. The third-order valence-corrected chi connectivity index (χ3v) is 5.27. The van der Waals surface area contributed by atoms with Crippen LogP contribution in [0.2, 0.25) is 0 Å². The van der Waals surface area contributed by atoms with Crippen LogP contribution in [-0.4, -0.2) is 18.7 Å². The molecule has 0 radical (unpaired) electrons. The van der Waals surface area contributed by atoms with Gasteiger partial charge < -0.3 is 4.74 Å². The zero-order valence-electron chi connectivity index (χ0n) is 17.0. The van der Waals surface area contributed by atoms with E-state index in [9.17, 15) is 9.59 Å². The average molecular weight is 394 g/mol. The topological polar surface area (TPSA) is 43.4 Å². The highest BCUT2D eigenvalue weighted by molar-refractivity contribution is 6.32. The van der Waals surface area contributed by atoms with E-state index in [1.165, 1.54) is 6.08 Å². The molecule has 0 atom stereocenters. The SMILES string of the molecule is COc1ccc(/C=C/C(=O)C2=C(c3ccccc3)c3cc(C)ccc3CC2=O)cc1. The summed E-state index contributed by atoms with van der Waals surface area (Å²) in [4.78, 5) is 26.2. The van der Waals surface area contributed by atoms with Crippen LogP contribution in [0.4, 0.5) is 0 Å². The van der Waals surface area contributed by atoms with Gasteiger partial charge in [0, 0.05) is 12.0 Å². The second-order valence-corrected chi connectivity index (χ2v) is 7.35. The van der Waals surface area contributed by atoms with Crippen LogP contribution in [0.3, 0.4) is 0 Å². The molecule has 0 saturated heterocycles. The number of methoxy groups -OCH3 is 1. The van der Waals surface area contributed by atoms with Gasteiger partial charge in [0.05, 0.1) is 12.7 Å². The van der Waals surface area contributed by atoms with Crippen LogP contribution >= 0.6 is 0 Å². The van der Waals surface area contributed by atoms with Gasteiger partial charge in [-0.2, -0.15) is 0 Å². The molecule has 3 aromatic carbocycles. The number of ether oxygens (including phenoxy) is 1. The number of allylic oxidation sites excluding steroid dienone is 2. The molecule has 0 saturated carbocycles. The summed E-state index contributed by atoms with van der Waals surface area (Å²) in [6, 6.07) is 23.1. The molecule has 0 amide bonds. The van der Waals surface area contributed by atoms with E-state index in [1.807, 2.05) is 73.7 Å². The van der Waals surface area contributed by atoms with Crippen LogP contribution in [-0.2, 0) is 16.0 Å². The third-order valence-electron chi connectivity index (χ3n) is 5.27. The predicted octanol–water partition coefficient (Wildman–Crippen LogP) is 5.21. The van der Waals surface area contributed by atoms with Gasteiger partial charge in [0.15, 0.2) is 11.6 Å². The molecule has 3 heteroatoms.